The van der Waals surface area contributed by atoms with Crippen LogP contribution in [0.4, 0.5) is 10.5 Å². The highest BCUT2D eigenvalue weighted by Crippen LogP contribution is 2.17. The molecule has 2 amide bonds. The molecule has 5 nitrogen and oxygen atoms in total. The van der Waals surface area contributed by atoms with Crippen molar-refractivity contribution in [3.05, 3.63) is 29.3 Å². The quantitative estimate of drug-likeness (QED) is 0.822. The number of benzene rings is 1. The fourth-order valence-electron chi connectivity index (χ4n) is 2.28. The van der Waals surface area contributed by atoms with Crippen LogP contribution in [0.2, 0.25) is 5.02 Å². The lowest BCUT2D eigenvalue weighted by Crippen LogP contribution is -2.43. The van der Waals surface area contributed by atoms with Crippen molar-refractivity contribution in [2.45, 2.75) is 25.4 Å². The SMILES string of the molecule is O=C(Nc1ccc(Cl)cc1)N1CCC(OCCCO)CC1. The minimum absolute atomic E-state index is 0.0915. The first-order valence-electron chi connectivity index (χ1n) is 7.23. The number of urea groups is 1. The Bertz CT molecular complexity index is 445. The van der Waals surface area contributed by atoms with Crippen LogP contribution < -0.4 is 5.32 Å². The van der Waals surface area contributed by atoms with Crippen LogP contribution in [-0.2, 0) is 4.74 Å². The number of aliphatic hydroxyl groups excluding tert-OH is 1. The largest absolute Gasteiger partial charge is 0.396 e. The van der Waals surface area contributed by atoms with E-state index in [4.69, 9.17) is 21.4 Å². The molecule has 0 bridgehead atoms. The second-order valence-electron chi connectivity index (χ2n) is 5.07. The predicted molar refractivity (Wildman–Crippen MR) is 82.7 cm³/mol. The molecule has 6 heteroatoms. The molecule has 0 atom stereocenters. The predicted octanol–water partition coefficient (Wildman–Crippen LogP) is 2.74. The number of piperidine rings is 1. The van der Waals surface area contributed by atoms with Gasteiger partial charge in [0.15, 0.2) is 0 Å². The Kier molecular flexibility index (Phi) is 6.29. The molecule has 0 saturated carbocycles. The van der Waals surface area contributed by atoms with Crippen LogP contribution in [0.15, 0.2) is 24.3 Å². The molecule has 0 unspecified atom stereocenters. The van der Waals surface area contributed by atoms with Crippen molar-refractivity contribution in [1.29, 1.82) is 0 Å². The highest BCUT2D eigenvalue weighted by molar-refractivity contribution is 6.30. The number of amides is 2. The number of ether oxygens (including phenoxy) is 1. The van der Waals surface area contributed by atoms with Crippen molar-refractivity contribution in [1.82, 2.24) is 4.90 Å². The second kappa shape index (κ2) is 8.22. The lowest BCUT2D eigenvalue weighted by molar-refractivity contribution is 0.0101. The van der Waals surface area contributed by atoms with E-state index in [1.54, 1.807) is 29.2 Å². The molecule has 1 aromatic rings. The normalized spacial score (nSPS) is 16.0. The Morgan fingerprint density at radius 1 is 1.33 bits per heavy atom. The van der Waals surface area contributed by atoms with Crippen LogP contribution in [0.3, 0.4) is 0 Å². The van der Waals surface area contributed by atoms with Crippen LogP contribution in [0.1, 0.15) is 19.3 Å². The molecule has 21 heavy (non-hydrogen) atoms. The maximum Gasteiger partial charge on any atom is 0.321 e. The van der Waals surface area contributed by atoms with E-state index in [0.29, 0.717) is 31.1 Å². The first-order valence-corrected chi connectivity index (χ1v) is 7.61. The molecule has 116 valence electrons. The molecule has 0 aromatic heterocycles. The summed E-state index contributed by atoms with van der Waals surface area (Å²) in [6.07, 6.45) is 2.52. The average molecular weight is 313 g/mol. The summed E-state index contributed by atoms with van der Waals surface area (Å²) in [4.78, 5) is 13.9. The number of anilines is 1. The Balaban J connectivity index is 1.74. The monoisotopic (exact) mass is 312 g/mol. The standard InChI is InChI=1S/C15H21ClN2O3/c16-12-2-4-13(5-3-12)17-15(20)18-8-6-14(7-9-18)21-11-1-10-19/h2-5,14,19H,1,6-11H2,(H,17,20). The number of likely N-dealkylation sites (tertiary alicyclic amines) is 1. The van der Waals surface area contributed by atoms with E-state index in [9.17, 15) is 4.79 Å². The molecule has 1 aromatic carbocycles. The van der Waals surface area contributed by atoms with E-state index in [1.165, 1.54) is 0 Å². The van der Waals surface area contributed by atoms with Gasteiger partial charge in [-0.1, -0.05) is 11.6 Å². The molecule has 2 rings (SSSR count). The highest BCUT2D eigenvalue weighted by Gasteiger charge is 2.23. The van der Waals surface area contributed by atoms with Gasteiger partial charge < -0.3 is 20.1 Å². The molecule has 1 heterocycles. The number of rotatable bonds is 5. The summed E-state index contributed by atoms with van der Waals surface area (Å²) in [6.45, 7) is 2.10. The van der Waals surface area contributed by atoms with Crippen molar-refractivity contribution in [2.24, 2.45) is 0 Å². The van der Waals surface area contributed by atoms with Gasteiger partial charge in [0.1, 0.15) is 0 Å². The van der Waals surface area contributed by atoms with Gasteiger partial charge in [-0.2, -0.15) is 0 Å². The number of nitrogens with zero attached hydrogens (tertiary/aromatic N) is 1. The lowest BCUT2D eigenvalue weighted by atomic mass is 10.1. The number of aliphatic hydroxyl groups is 1. The Labute approximate surface area is 129 Å². The topological polar surface area (TPSA) is 61.8 Å². The maximum absolute atomic E-state index is 12.1. The number of carbonyl (C=O) groups is 1. The fourth-order valence-corrected chi connectivity index (χ4v) is 2.40. The molecule has 1 aliphatic heterocycles. The summed E-state index contributed by atoms with van der Waals surface area (Å²) >= 11 is 5.81. The van der Waals surface area contributed by atoms with E-state index in [-0.39, 0.29) is 18.7 Å². The first kappa shape index (κ1) is 16.1. The molecule has 0 spiro atoms. The highest BCUT2D eigenvalue weighted by atomic mass is 35.5. The number of carbonyl (C=O) groups excluding carboxylic acids is 1. The van der Waals surface area contributed by atoms with Gasteiger partial charge in [-0.3, -0.25) is 0 Å². The molecule has 2 N–H and O–H groups in total. The van der Waals surface area contributed by atoms with Crippen molar-refractivity contribution < 1.29 is 14.6 Å². The van der Waals surface area contributed by atoms with Crippen LogP contribution in [0, 0.1) is 0 Å². The zero-order valence-corrected chi connectivity index (χ0v) is 12.7. The Morgan fingerprint density at radius 3 is 2.62 bits per heavy atom. The van der Waals surface area contributed by atoms with Gasteiger partial charge in [0.25, 0.3) is 0 Å². The zero-order valence-electron chi connectivity index (χ0n) is 11.9. The van der Waals surface area contributed by atoms with Crippen molar-refractivity contribution in [3.8, 4) is 0 Å². The Morgan fingerprint density at radius 2 is 2.00 bits per heavy atom. The summed E-state index contributed by atoms with van der Waals surface area (Å²) in [5.74, 6) is 0. The summed E-state index contributed by atoms with van der Waals surface area (Å²) in [7, 11) is 0. The third-order valence-electron chi connectivity index (χ3n) is 3.48. The number of hydrogen-bond donors (Lipinski definition) is 2. The minimum atomic E-state index is -0.0915. The summed E-state index contributed by atoms with van der Waals surface area (Å²) in [5, 5.41) is 12.2. The third kappa shape index (κ3) is 5.19. The smallest absolute Gasteiger partial charge is 0.321 e. The van der Waals surface area contributed by atoms with Gasteiger partial charge in [0.2, 0.25) is 0 Å². The molecule has 1 aliphatic rings. The molecule has 0 radical (unpaired) electrons. The van der Waals surface area contributed by atoms with E-state index in [2.05, 4.69) is 5.32 Å². The van der Waals surface area contributed by atoms with Gasteiger partial charge >= 0.3 is 6.03 Å². The number of nitrogens with one attached hydrogen (secondary N) is 1. The fraction of sp³-hybridized carbons (Fsp3) is 0.533. The van der Waals surface area contributed by atoms with Crippen molar-refractivity contribution in [3.63, 3.8) is 0 Å². The van der Waals surface area contributed by atoms with Gasteiger partial charge in [0, 0.05) is 37.0 Å². The molecule has 0 aliphatic carbocycles. The van der Waals surface area contributed by atoms with Crippen LogP contribution in [-0.4, -0.2) is 48.4 Å². The van der Waals surface area contributed by atoms with E-state index >= 15 is 0 Å². The summed E-state index contributed by atoms with van der Waals surface area (Å²) in [5.41, 5.74) is 0.741. The van der Waals surface area contributed by atoms with Gasteiger partial charge in [-0.15, -0.1) is 0 Å². The van der Waals surface area contributed by atoms with Gasteiger partial charge in [0.05, 0.1) is 6.10 Å². The minimum Gasteiger partial charge on any atom is -0.396 e. The lowest BCUT2D eigenvalue weighted by Gasteiger charge is -2.32. The summed E-state index contributed by atoms with van der Waals surface area (Å²) < 4.78 is 5.65. The molecular weight excluding hydrogens is 292 g/mol. The second-order valence-corrected chi connectivity index (χ2v) is 5.51. The molecule has 1 saturated heterocycles. The Hall–Kier alpha value is -1.30. The van der Waals surface area contributed by atoms with Gasteiger partial charge in [-0.25, -0.2) is 4.79 Å². The first-order chi connectivity index (χ1) is 10.2. The van der Waals surface area contributed by atoms with Crippen molar-refractivity contribution in [2.75, 3.05) is 31.6 Å². The van der Waals surface area contributed by atoms with Crippen LogP contribution >= 0.6 is 11.6 Å². The number of hydrogen-bond acceptors (Lipinski definition) is 3. The maximum atomic E-state index is 12.1. The van der Waals surface area contributed by atoms with Crippen LogP contribution in [0.5, 0.6) is 0 Å². The van der Waals surface area contributed by atoms with E-state index < -0.39 is 0 Å². The van der Waals surface area contributed by atoms with E-state index in [1.807, 2.05) is 0 Å². The van der Waals surface area contributed by atoms with Crippen LogP contribution in [0.25, 0.3) is 0 Å². The van der Waals surface area contributed by atoms with Crippen molar-refractivity contribution >= 4 is 23.3 Å². The molecular formula is C15H21ClN2O3. The van der Waals surface area contributed by atoms with Gasteiger partial charge in [-0.05, 0) is 43.5 Å². The number of halogens is 1. The average Bonchev–Trinajstić information content (AvgIpc) is 2.50. The third-order valence-corrected chi connectivity index (χ3v) is 3.73. The molecule has 1 fully saturated rings. The summed E-state index contributed by atoms with van der Waals surface area (Å²) in [6, 6.07) is 6.97. The zero-order chi connectivity index (χ0) is 15.1. The van der Waals surface area contributed by atoms with E-state index in [0.717, 1.165) is 18.5 Å².